The minimum Gasteiger partial charge on any atom is -0.456 e. The van der Waals surface area contributed by atoms with Gasteiger partial charge in [0.25, 0.3) is 5.91 Å². The van der Waals surface area contributed by atoms with Gasteiger partial charge in [0.1, 0.15) is 0 Å². The van der Waals surface area contributed by atoms with Crippen LogP contribution in [0.1, 0.15) is 37.8 Å². The van der Waals surface area contributed by atoms with Crippen molar-refractivity contribution in [2.24, 2.45) is 0 Å². The van der Waals surface area contributed by atoms with Crippen LogP contribution in [0.2, 0.25) is 0 Å². The van der Waals surface area contributed by atoms with Crippen LogP contribution in [0.15, 0.2) is 65.6 Å². The summed E-state index contributed by atoms with van der Waals surface area (Å²) in [7, 11) is 0. The summed E-state index contributed by atoms with van der Waals surface area (Å²) in [5, 5.41) is 7.55. The van der Waals surface area contributed by atoms with Crippen LogP contribution in [0.3, 0.4) is 0 Å². The molecule has 0 aliphatic rings. The first-order valence-electron chi connectivity index (χ1n) is 10.0. The Morgan fingerprint density at radius 3 is 2.60 bits per heavy atom. The molecular weight excluding hydrogens is 382 g/mol. The standard InChI is InChI=1S/C23H25N3O4/c1-2-8-19(17-9-4-3-5-10-17)25-22(28)16-30-23(29)13-14-26-20-12-7-6-11-18(20)21(27)15-24-26/h3-7,9-12,15,19H,2,8,13-14,16H2,1H3,(H,25,28). The average Bonchev–Trinajstić information content (AvgIpc) is 2.78. The molecule has 1 unspecified atom stereocenters. The first-order valence-corrected chi connectivity index (χ1v) is 10.0. The molecule has 0 spiro atoms. The number of nitrogens with zero attached hydrogens (tertiary/aromatic N) is 2. The van der Waals surface area contributed by atoms with Crippen molar-refractivity contribution in [2.75, 3.05) is 6.61 Å². The van der Waals surface area contributed by atoms with E-state index >= 15 is 0 Å². The van der Waals surface area contributed by atoms with Gasteiger partial charge in [-0.25, -0.2) is 0 Å². The number of benzene rings is 2. The van der Waals surface area contributed by atoms with E-state index in [1.54, 1.807) is 22.9 Å². The summed E-state index contributed by atoms with van der Waals surface area (Å²) in [6.45, 7) is 1.98. The Balaban J connectivity index is 1.51. The van der Waals surface area contributed by atoms with Crippen LogP contribution in [-0.4, -0.2) is 28.3 Å². The lowest BCUT2D eigenvalue weighted by molar-refractivity contribution is -0.149. The lowest BCUT2D eigenvalue weighted by atomic mass is 10.0. The lowest BCUT2D eigenvalue weighted by Crippen LogP contribution is -2.32. The van der Waals surface area contributed by atoms with E-state index in [9.17, 15) is 14.4 Å². The monoisotopic (exact) mass is 407 g/mol. The fourth-order valence-corrected chi connectivity index (χ4v) is 3.29. The van der Waals surface area contributed by atoms with Gasteiger partial charge in [0.2, 0.25) is 5.43 Å². The first kappa shape index (κ1) is 21.2. The third kappa shape index (κ3) is 5.53. The summed E-state index contributed by atoms with van der Waals surface area (Å²) in [5.41, 5.74) is 1.51. The Morgan fingerprint density at radius 2 is 1.83 bits per heavy atom. The summed E-state index contributed by atoms with van der Waals surface area (Å²) < 4.78 is 6.71. The number of para-hydroxylation sites is 1. The average molecular weight is 407 g/mol. The van der Waals surface area contributed by atoms with E-state index in [2.05, 4.69) is 17.3 Å². The number of hydrogen-bond acceptors (Lipinski definition) is 5. The summed E-state index contributed by atoms with van der Waals surface area (Å²) in [6.07, 6.45) is 3.00. The number of aromatic nitrogens is 2. The highest BCUT2D eigenvalue weighted by Gasteiger charge is 2.15. The van der Waals surface area contributed by atoms with E-state index in [1.165, 1.54) is 6.20 Å². The van der Waals surface area contributed by atoms with Crippen LogP contribution in [0, 0.1) is 0 Å². The van der Waals surface area contributed by atoms with E-state index in [1.807, 2.05) is 36.4 Å². The van der Waals surface area contributed by atoms with Gasteiger partial charge < -0.3 is 10.1 Å². The third-order valence-corrected chi connectivity index (χ3v) is 4.77. The Bertz CT molecular complexity index is 1060. The molecule has 0 aliphatic heterocycles. The SMILES string of the molecule is CCCC(NC(=O)COC(=O)CCn1ncc(=O)c2ccccc21)c1ccccc1. The molecule has 156 valence electrons. The van der Waals surface area contributed by atoms with Crippen molar-refractivity contribution < 1.29 is 14.3 Å². The maximum absolute atomic E-state index is 12.3. The zero-order chi connectivity index (χ0) is 21.3. The van der Waals surface area contributed by atoms with Crippen LogP contribution < -0.4 is 10.7 Å². The molecule has 1 aromatic heterocycles. The molecule has 1 atom stereocenters. The number of hydrogen-bond donors (Lipinski definition) is 1. The minimum absolute atomic E-state index is 0.0459. The van der Waals surface area contributed by atoms with Gasteiger partial charge in [-0.05, 0) is 24.1 Å². The highest BCUT2D eigenvalue weighted by atomic mass is 16.5. The van der Waals surface area contributed by atoms with E-state index in [0.29, 0.717) is 10.9 Å². The zero-order valence-corrected chi connectivity index (χ0v) is 16.9. The molecule has 0 bridgehead atoms. The second-order valence-corrected chi connectivity index (χ2v) is 6.98. The van der Waals surface area contributed by atoms with Gasteiger partial charge in [0, 0.05) is 5.39 Å². The van der Waals surface area contributed by atoms with E-state index in [0.717, 1.165) is 18.4 Å². The van der Waals surface area contributed by atoms with Crippen molar-refractivity contribution in [2.45, 2.75) is 38.8 Å². The van der Waals surface area contributed by atoms with Gasteiger partial charge in [-0.2, -0.15) is 5.10 Å². The molecule has 3 aromatic rings. The smallest absolute Gasteiger partial charge is 0.308 e. The number of nitrogens with one attached hydrogen (secondary N) is 1. The summed E-state index contributed by atoms with van der Waals surface area (Å²) >= 11 is 0. The van der Waals surface area contributed by atoms with Crippen molar-refractivity contribution in [1.29, 1.82) is 0 Å². The summed E-state index contributed by atoms with van der Waals surface area (Å²) in [5.74, 6) is -0.834. The van der Waals surface area contributed by atoms with Crippen molar-refractivity contribution in [1.82, 2.24) is 15.1 Å². The van der Waals surface area contributed by atoms with E-state index in [-0.39, 0.29) is 37.0 Å². The Morgan fingerprint density at radius 1 is 1.10 bits per heavy atom. The Labute approximate surface area is 174 Å². The number of esters is 1. The van der Waals surface area contributed by atoms with Crippen molar-refractivity contribution in [3.05, 3.63) is 76.6 Å². The Kier molecular flexibility index (Phi) is 7.32. The second-order valence-electron chi connectivity index (χ2n) is 6.98. The zero-order valence-electron chi connectivity index (χ0n) is 16.9. The molecule has 0 aliphatic carbocycles. The molecule has 0 fully saturated rings. The number of carbonyl (C=O) groups excluding carboxylic acids is 2. The fourth-order valence-electron chi connectivity index (χ4n) is 3.29. The van der Waals surface area contributed by atoms with Crippen LogP contribution in [0.4, 0.5) is 0 Å². The maximum atomic E-state index is 12.3. The molecule has 1 N–H and O–H groups in total. The number of amides is 1. The molecule has 1 heterocycles. The van der Waals surface area contributed by atoms with Crippen LogP contribution in [0.25, 0.3) is 10.9 Å². The van der Waals surface area contributed by atoms with Gasteiger partial charge in [0.05, 0.1) is 30.7 Å². The molecule has 2 aromatic carbocycles. The molecular formula is C23H25N3O4. The van der Waals surface area contributed by atoms with Gasteiger partial charge >= 0.3 is 5.97 Å². The maximum Gasteiger partial charge on any atom is 0.308 e. The third-order valence-electron chi connectivity index (χ3n) is 4.77. The van der Waals surface area contributed by atoms with Crippen molar-refractivity contribution >= 4 is 22.8 Å². The largest absolute Gasteiger partial charge is 0.456 e. The van der Waals surface area contributed by atoms with E-state index < -0.39 is 5.97 Å². The quantitative estimate of drug-likeness (QED) is 0.551. The number of fused-ring (bicyclic) bond motifs is 1. The Hall–Kier alpha value is -3.48. The van der Waals surface area contributed by atoms with Crippen molar-refractivity contribution in [3.8, 4) is 0 Å². The number of ether oxygens (including phenoxy) is 1. The van der Waals surface area contributed by atoms with Crippen LogP contribution >= 0.6 is 0 Å². The molecule has 30 heavy (non-hydrogen) atoms. The highest BCUT2D eigenvalue weighted by molar-refractivity contribution is 5.81. The van der Waals surface area contributed by atoms with Gasteiger partial charge in [-0.3, -0.25) is 19.1 Å². The predicted octanol–water partition coefficient (Wildman–Crippen LogP) is 2.99. The predicted molar refractivity (Wildman–Crippen MR) is 114 cm³/mol. The molecule has 7 nitrogen and oxygen atoms in total. The topological polar surface area (TPSA) is 90.3 Å². The normalized spacial score (nSPS) is 11.8. The lowest BCUT2D eigenvalue weighted by Gasteiger charge is -2.18. The molecule has 7 heteroatoms. The van der Waals surface area contributed by atoms with Crippen LogP contribution in [-0.2, 0) is 20.9 Å². The number of carbonyl (C=O) groups is 2. The van der Waals surface area contributed by atoms with E-state index in [4.69, 9.17) is 4.74 Å². The van der Waals surface area contributed by atoms with Crippen LogP contribution in [0.5, 0.6) is 0 Å². The molecule has 3 rings (SSSR count). The minimum atomic E-state index is -0.499. The summed E-state index contributed by atoms with van der Waals surface area (Å²) in [4.78, 5) is 36.2. The molecule has 0 radical (unpaired) electrons. The molecule has 0 saturated carbocycles. The molecule has 1 amide bonds. The van der Waals surface area contributed by atoms with Crippen molar-refractivity contribution in [3.63, 3.8) is 0 Å². The van der Waals surface area contributed by atoms with Gasteiger partial charge in [-0.1, -0.05) is 55.8 Å². The number of aryl methyl sites for hydroxylation is 1. The van der Waals surface area contributed by atoms with Gasteiger partial charge in [-0.15, -0.1) is 0 Å². The molecule has 0 saturated heterocycles. The second kappa shape index (κ2) is 10.3. The fraction of sp³-hybridized carbons (Fsp3) is 0.304. The first-order chi connectivity index (χ1) is 14.6. The highest BCUT2D eigenvalue weighted by Crippen LogP contribution is 2.17. The van der Waals surface area contributed by atoms with Gasteiger partial charge in [0.15, 0.2) is 6.61 Å². The number of rotatable bonds is 9. The summed E-state index contributed by atoms with van der Waals surface area (Å²) in [6, 6.07) is 16.7.